The van der Waals surface area contributed by atoms with Crippen molar-refractivity contribution in [1.82, 2.24) is 9.91 Å². The van der Waals surface area contributed by atoms with Gasteiger partial charge in [-0.15, -0.1) is 11.3 Å². The van der Waals surface area contributed by atoms with Crippen molar-refractivity contribution in [2.24, 2.45) is 5.10 Å². The van der Waals surface area contributed by atoms with Gasteiger partial charge in [-0.25, -0.2) is 5.01 Å². The first kappa shape index (κ1) is 20.9. The molecule has 8 heteroatoms. The molecule has 3 heterocycles. The van der Waals surface area contributed by atoms with Gasteiger partial charge in [-0.1, -0.05) is 59.9 Å². The second-order valence-electron chi connectivity index (χ2n) is 7.05. The van der Waals surface area contributed by atoms with Crippen LogP contribution in [-0.4, -0.2) is 56.2 Å². The Kier molecular flexibility index (Phi) is 6.95. The summed E-state index contributed by atoms with van der Waals surface area (Å²) >= 11 is 10.7. The largest absolute Gasteiger partial charge is 0.356 e. The lowest BCUT2D eigenvalue weighted by Crippen LogP contribution is -2.36. The molecular weight excluding hydrogens is 439 g/mol. The number of aryl methyl sites for hydroxylation is 1. The quantitative estimate of drug-likeness (QED) is 0.611. The molecule has 0 radical (unpaired) electrons. The van der Waals surface area contributed by atoms with E-state index in [2.05, 4.69) is 47.5 Å². The van der Waals surface area contributed by atoms with Crippen LogP contribution in [0.1, 0.15) is 28.5 Å². The number of carbonyl (C=O) groups is 1. The highest BCUT2D eigenvalue weighted by molar-refractivity contribution is 8.23. The number of thioether (sulfide) groups is 2. The van der Waals surface area contributed by atoms with Gasteiger partial charge in [0.25, 0.3) is 5.91 Å². The van der Waals surface area contributed by atoms with Gasteiger partial charge >= 0.3 is 0 Å². The zero-order valence-corrected chi connectivity index (χ0v) is 19.5. The van der Waals surface area contributed by atoms with Gasteiger partial charge in [-0.2, -0.15) is 16.9 Å². The molecule has 1 amide bonds. The number of hydrazone groups is 1. The highest BCUT2D eigenvalue weighted by atomic mass is 32.2. The van der Waals surface area contributed by atoms with Crippen LogP contribution in [0.25, 0.3) is 0 Å². The minimum absolute atomic E-state index is 0.0147. The van der Waals surface area contributed by atoms with Crippen molar-refractivity contribution < 1.29 is 4.79 Å². The topological polar surface area (TPSA) is 35.9 Å². The smallest absolute Gasteiger partial charge is 0.253 e. The van der Waals surface area contributed by atoms with Crippen LogP contribution in [0.5, 0.6) is 0 Å². The van der Waals surface area contributed by atoms with Crippen LogP contribution < -0.4 is 0 Å². The molecule has 0 saturated carbocycles. The number of rotatable bonds is 4. The normalized spacial score (nSPS) is 19.3. The molecule has 0 unspecified atom stereocenters. The van der Waals surface area contributed by atoms with Gasteiger partial charge in [0.1, 0.15) is 4.32 Å². The van der Waals surface area contributed by atoms with Crippen molar-refractivity contribution in [3.63, 3.8) is 0 Å². The number of nitrogens with zero attached hydrogens (tertiary/aromatic N) is 3. The lowest BCUT2D eigenvalue weighted by atomic mass is 10.00. The maximum Gasteiger partial charge on any atom is 0.253 e. The molecule has 1 atom stereocenters. The Bertz CT molecular complexity index is 889. The summed E-state index contributed by atoms with van der Waals surface area (Å²) in [7, 11) is 0. The molecule has 1 fully saturated rings. The number of hydrogen-bond acceptors (Lipinski definition) is 6. The number of thiophene rings is 1. The SMILES string of the molecule is Cc1ccc([C@@H]2CC(c3cccs3)=NN2C(=O)CSC(=S)N2CCSCC2)cc1. The van der Waals surface area contributed by atoms with Crippen LogP contribution in [0.2, 0.25) is 0 Å². The fourth-order valence-corrected chi connectivity index (χ4v) is 6.13. The molecule has 2 aliphatic heterocycles. The molecular formula is C21H23N3OS4. The van der Waals surface area contributed by atoms with Crippen molar-refractivity contribution in [2.75, 3.05) is 30.3 Å². The molecule has 0 spiro atoms. The van der Waals surface area contributed by atoms with Gasteiger partial charge in [0, 0.05) is 31.0 Å². The average molecular weight is 462 g/mol. The first-order chi connectivity index (χ1) is 14.1. The lowest BCUT2D eigenvalue weighted by molar-refractivity contribution is -0.130. The van der Waals surface area contributed by atoms with E-state index in [1.807, 2.05) is 17.8 Å². The molecule has 1 saturated heterocycles. The minimum Gasteiger partial charge on any atom is -0.356 e. The van der Waals surface area contributed by atoms with Crippen molar-refractivity contribution in [1.29, 1.82) is 0 Å². The summed E-state index contributed by atoms with van der Waals surface area (Å²) in [6.45, 7) is 4.02. The maximum absolute atomic E-state index is 13.1. The first-order valence-corrected chi connectivity index (χ1v) is 13.0. The third kappa shape index (κ3) is 5.05. The number of benzene rings is 1. The molecule has 0 N–H and O–H groups in total. The maximum atomic E-state index is 13.1. The molecule has 4 rings (SSSR count). The zero-order chi connectivity index (χ0) is 20.2. The van der Waals surface area contributed by atoms with Crippen LogP contribution in [0.3, 0.4) is 0 Å². The third-order valence-electron chi connectivity index (χ3n) is 5.02. The minimum atomic E-state index is -0.0549. The van der Waals surface area contributed by atoms with E-state index in [-0.39, 0.29) is 11.9 Å². The monoisotopic (exact) mass is 461 g/mol. The highest BCUT2D eigenvalue weighted by Crippen LogP contribution is 2.34. The Morgan fingerprint density at radius 2 is 2.00 bits per heavy atom. The summed E-state index contributed by atoms with van der Waals surface area (Å²) in [4.78, 5) is 16.5. The van der Waals surface area contributed by atoms with E-state index in [0.717, 1.165) is 51.5 Å². The Labute approximate surface area is 189 Å². The van der Waals surface area contributed by atoms with Crippen LogP contribution in [0.4, 0.5) is 0 Å². The molecule has 29 heavy (non-hydrogen) atoms. The summed E-state index contributed by atoms with van der Waals surface area (Å²) < 4.78 is 0.826. The molecule has 2 aromatic rings. The molecule has 1 aromatic heterocycles. The number of carbonyl (C=O) groups excluding carboxylic acids is 1. The second kappa shape index (κ2) is 9.64. The summed E-state index contributed by atoms with van der Waals surface area (Å²) in [5.41, 5.74) is 3.32. The molecule has 1 aromatic carbocycles. The van der Waals surface area contributed by atoms with Gasteiger partial charge in [-0.05, 0) is 23.9 Å². The van der Waals surface area contributed by atoms with Gasteiger partial charge in [0.05, 0.1) is 22.4 Å². The zero-order valence-electron chi connectivity index (χ0n) is 16.2. The van der Waals surface area contributed by atoms with Gasteiger partial charge in [-0.3, -0.25) is 4.79 Å². The summed E-state index contributed by atoms with van der Waals surface area (Å²) in [6, 6.07) is 12.5. The lowest BCUT2D eigenvalue weighted by Gasteiger charge is -2.28. The molecule has 2 aliphatic rings. The van der Waals surface area contributed by atoms with E-state index in [9.17, 15) is 4.79 Å². The Morgan fingerprint density at radius 3 is 2.69 bits per heavy atom. The van der Waals surface area contributed by atoms with E-state index < -0.39 is 0 Å². The first-order valence-electron chi connectivity index (χ1n) is 9.61. The number of hydrogen-bond donors (Lipinski definition) is 0. The van der Waals surface area contributed by atoms with Gasteiger partial charge in [0.15, 0.2) is 0 Å². The summed E-state index contributed by atoms with van der Waals surface area (Å²) in [6.07, 6.45) is 0.744. The average Bonchev–Trinajstić information content (AvgIpc) is 3.43. The van der Waals surface area contributed by atoms with E-state index >= 15 is 0 Å². The van der Waals surface area contributed by atoms with E-state index in [0.29, 0.717) is 5.75 Å². The van der Waals surface area contributed by atoms with Gasteiger partial charge < -0.3 is 4.90 Å². The standard InChI is InChI=1S/C21H23N3OS4/c1-15-4-6-16(7-5-15)18-13-17(19-3-2-10-28-19)22-24(18)20(25)14-29-21(26)23-8-11-27-12-9-23/h2-7,10,18H,8-9,11-14H2,1H3/t18-/m0/s1. The van der Waals surface area contributed by atoms with Crippen molar-refractivity contribution in [2.45, 2.75) is 19.4 Å². The van der Waals surface area contributed by atoms with Gasteiger partial charge in [0.2, 0.25) is 0 Å². The Morgan fingerprint density at radius 1 is 1.24 bits per heavy atom. The summed E-state index contributed by atoms with van der Waals surface area (Å²) in [5.74, 6) is 2.54. The number of amides is 1. The van der Waals surface area contributed by atoms with Crippen LogP contribution in [-0.2, 0) is 4.79 Å². The predicted molar refractivity (Wildman–Crippen MR) is 130 cm³/mol. The molecule has 0 aliphatic carbocycles. The summed E-state index contributed by atoms with van der Waals surface area (Å²) in [5, 5.41) is 8.47. The Hall–Kier alpha value is -1.35. The predicted octanol–water partition coefficient (Wildman–Crippen LogP) is 4.80. The van der Waals surface area contributed by atoms with Crippen molar-refractivity contribution in [3.05, 3.63) is 57.8 Å². The third-order valence-corrected chi connectivity index (χ3v) is 8.39. The van der Waals surface area contributed by atoms with E-state index in [1.165, 1.54) is 17.3 Å². The Balaban J connectivity index is 1.48. The highest BCUT2D eigenvalue weighted by Gasteiger charge is 2.33. The molecule has 152 valence electrons. The van der Waals surface area contributed by atoms with Crippen LogP contribution in [0.15, 0.2) is 46.9 Å². The fourth-order valence-electron chi connectivity index (χ4n) is 3.41. The van der Waals surface area contributed by atoms with Crippen LogP contribution >= 0.6 is 47.1 Å². The molecule has 0 bridgehead atoms. The molecule has 4 nitrogen and oxygen atoms in total. The van der Waals surface area contributed by atoms with E-state index in [4.69, 9.17) is 17.3 Å². The van der Waals surface area contributed by atoms with Crippen molar-refractivity contribution in [3.8, 4) is 0 Å². The fraction of sp³-hybridized carbons (Fsp3) is 0.381. The van der Waals surface area contributed by atoms with E-state index in [1.54, 1.807) is 16.3 Å². The second-order valence-corrected chi connectivity index (χ2v) is 10.8. The number of thiocarbonyl (C=S) groups is 1. The van der Waals surface area contributed by atoms with Crippen molar-refractivity contribution >= 4 is 63.0 Å². The van der Waals surface area contributed by atoms with Crippen LogP contribution in [0, 0.1) is 6.92 Å².